The first-order chi connectivity index (χ1) is 13.7. The Labute approximate surface area is 169 Å². The van der Waals surface area contributed by atoms with Gasteiger partial charge in [-0.2, -0.15) is 13.2 Å². The van der Waals surface area contributed by atoms with Crippen molar-refractivity contribution in [2.45, 2.75) is 51.6 Å². The Bertz CT molecular complexity index is 523. The summed E-state index contributed by atoms with van der Waals surface area (Å²) in [4.78, 5) is 36.2. The lowest BCUT2D eigenvalue weighted by Crippen LogP contribution is -2.47. The number of piperidine rings is 2. The van der Waals surface area contributed by atoms with Crippen LogP contribution in [0.15, 0.2) is 0 Å². The highest BCUT2D eigenvalue weighted by molar-refractivity contribution is 5.83. The fraction of sp³-hybridized carbons (Fsp3) is 0.842. The Kier molecular flexibility index (Phi) is 11.0. The summed E-state index contributed by atoms with van der Waals surface area (Å²) in [5.41, 5.74) is 0. The van der Waals surface area contributed by atoms with Gasteiger partial charge in [-0.25, -0.2) is 0 Å². The molecule has 0 aromatic rings. The fourth-order valence-electron chi connectivity index (χ4n) is 3.70. The molecule has 1 atom stereocenters. The number of halogens is 3. The molecule has 0 radical (unpaired) electrons. The number of hydrogen-bond acceptors (Lipinski definition) is 4. The Morgan fingerprint density at radius 1 is 1.24 bits per heavy atom. The zero-order chi connectivity index (χ0) is 21.9. The second-order valence-corrected chi connectivity index (χ2v) is 7.58. The summed E-state index contributed by atoms with van der Waals surface area (Å²) >= 11 is 0. The highest BCUT2D eigenvalue weighted by Crippen LogP contribution is 2.23. The second-order valence-electron chi connectivity index (χ2n) is 7.58. The number of hydrogen-bond donors (Lipinski definition) is 2. The summed E-state index contributed by atoms with van der Waals surface area (Å²) in [6.45, 7) is 4.89. The third kappa shape index (κ3) is 9.96. The number of carbonyl (C=O) groups excluding carboxylic acids is 2. The van der Waals surface area contributed by atoms with Crippen LogP contribution in [0.25, 0.3) is 0 Å². The first-order valence-corrected chi connectivity index (χ1v) is 10.1. The smallest absolute Gasteiger partial charge is 0.390 e. The number of alkyl halides is 3. The van der Waals surface area contributed by atoms with Crippen molar-refractivity contribution < 1.29 is 32.7 Å². The topological polar surface area (TPSA) is 90.0 Å². The summed E-state index contributed by atoms with van der Waals surface area (Å²) in [5.74, 6) is 0.296. The number of likely N-dealkylation sites (tertiary alicyclic amines) is 2. The molecule has 7 nitrogen and oxygen atoms in total. The molecule has 0 spiro atoms. The van der Waals surface area contributed by atoms with Crippen LogP contribution in [0.5, 0.6) is 0 Å². The molecular weight excluding hydrogens is 391 g/mol. The molecule has 0 aromatic heterocycles. The largest absolute Gasteiger partial charge is 0.483 e. The molecule has 2 aliphatic rings. The minimum atomic E-state index is -4.10. The van der Waals surface area contributed by atoms with E-state index in [0.29, 0.717) is 51.5 Å². The molecule has 0 aromatic carbocycles. The lowest BCUT2D eigenvalue weighted by Gasteiger charge is -2.34. The molecule has 0 aliphatic carbocycles. The van der Waals surface area contributed by atoms with Crippen molar-refractivity contribution in [2.75, 3.05) is 39.3 Å². The highest BCUT2D eigenvalue weighted by atomic mass is 19.4. The summed E-state index contributed by atoms with van der Waals surface area (Å²) < 4.78 is 36.8. The maximum Gasteiger partial charge on any atom is 0.390 e. The van der Waals surface area contributed by atoms with Gasteiger partial charge in [0.05, 0.1) is 12.3 Å². The van der Waals surface area contributed by atoms with E-state index >= 15 is 0 Å². The number of carboxylic acid groups (broad SMARTS) is 1. The van der Waals surface area contributed by atoms with Crippen LogP contribution >= 0.6 is 0 Å². The summed E-state index contributed by atoms with van der Waals surface area (Å²) in [5, 5.41) is 9.88. The lowest BCUT2D eigenvalue weighted by atomic mass is 9.94. The van der Waals surface area contributed by atoms with E-state index in [0.717, 1.165) is 19.3 Å². The molecule has 2 fully saturated rings. The van der Waals surface area contributed by atoms with Gasteiger partial charge in [-0.1, -0.05) is 6.92 Å². The van der Waals surface area contributed by atoms with Crippen LogP contribution in [-0.4, -0.2) is 78.6 Å². The summed E-state index contributed by atoms with van der Waals surface area (Å²) in [7, 11) is 0. The maximum atomic E-state index is 12.4. The van der Waals surface area contributed by atoms with Gasteiger partial charge in [0.25, 0.3) is 6.47 Å². The number of rotatable bonds is 7. The van der Waals surface area contributed by atoms with Crippen molar-refractivity contribution in [3.05, 3.63) is 0 Å². The van der Waals surface area contributed by atoms with E-state index in [9.17, 15) is 22.8 Å². The normalized spacial score (nSPS) is 21.3. The van der Waals surface area contributed by atoms with E-state index in [1.54, 1.807) is 4.90 Å². The number of nitrogens with zero attached hydrogens (tertiary/aromatic N) is 2. The highest BCUT2D eigenvalue weighted by Gasteiger charge is 2.31. The molecule has 168 valence electrons. The Hall–Kier alpha value is -1.84. The van der Waals surface area contributed by atoms with Gasteiger partial charge < -0.3 is 20.2 Å². The number of carbonyl (C=O) groups is 3. The van der Waals surface area contributed by atoms with Crippen LogP contribution in [0, 0.1) is 11.8 Å². The quantitative estimate of drug-likeness (QED) is 0.613. The Morgan fingerprint density at radius 2 is 1.86 bits per heavy atom. The SMILES string of the molecule is CCCN1CC(C(=O)NCC2CCN(CCC(F)(F)F)CC2)CCC1=O.O=CO. The van der Waals surface area contributed by atoms with Gasteiger partial charge in [0.2, 0.25) is 11.8 Å². The average Bonchev–Trinajstić information content (AvgIpc) is 2.67. The van der Waals surface area contributed by atoms with Gasteiger partial charge in [-0.15, -0.1) is 0 Å². The molecule has 0 bridgehead atoms. The molecule has 2 rings (SSSR count). The maximum absolute atomic E-state index is 12.4. The third-order valence-electron chi connectivity index (χ3n) is 5.35. The predicted molar refractivity (Wildman–Crippen MR) is 101 cm³/mol. The standard InChI is InChI=1S/C18H30F3N3O2.CH2O2/c1-2-8-24-13-15(3-4-16(24)25)17(26)22-12-14-5-9-23(10-6-14)11-7-18(19,20)21;2-1-3/h14-15H,2-13H2,1H3,(H,22,26);1H,(H,2,3). The van der Waals surface area contributed by atoms with Gasteiger partial charge in [0, 0.05) is 32.6 Å². The molecule has 2 aliphatic heterocycles. The fourth-order valence-corrected chi connectivity index (χ4v) is 3.70. The Morgan fingerprint density at radius 3 is 2.41 bits per heavy atom. The van der Waals surface area contributed by atoms with Crippen LogP contribution in [0.1, 0.15) is 45.4 Å². The first kappa shape index (κ1) is 25.2. The van der Waals surface area contributed by atoms with Crippen LogP contribution < -0.4 is 5.32 Å². The molecule has 2 saturated heterocycles. The van der Waals surface area contributed by atoms with Crippen molar-refractivity contribution in [1.29, 1.82) is 0 Å². The number of amides is 2. The van der Waals surface area contributed by atoms with Gasteiger partial charge >= 0.3 is 6.18 Å². The molecule has 1 unspecified atom stereocenters. The van der Waals surface area contributed by atoms with E-state index in [1.165, 1.54) is 0 Å². The first-order valence-electron chi connectivity index (χ1n) is 10.1. The van der Waals surface area contributed by atoms with Crippen LogP contribution in [0.4, 0.5) is 13.2 Å². The molecular formula is C19H32F3N3O4. The number of nitrogens with one attached hydrogen (secondary N) is 1. The van der Waals surface area contributed by atoms with Crippen LogP contribution in [-0.2, 0) is 14.4 Å². The van der Waals surface area contributed by atoms with Crippen molar-refractivity contribution >= 4 is 18.3 Å². The molecule has 0 saturated carbocycles. The van der Waals surface area contributed by atoms with E-state index in [4.69, 9.17) is 9.90 Å². The predicted octanol–water partition coefficient (Wildman–Crippen LogP) is 2.12. The van der Waals surface area contributed by atoms with Gasteiger partial charge in [0.1, 0.15) is 0 Å². The zero-order valence-corrected chi connectivity index (χ0v) is 16.9. The van der Waals surface area contributed by atoms with Gasteiger partial charge in [0.15, 0.2) is 0 Å². The minimum Gasteiger partial charge on any atom is -0.483 e. The summed E-state index contributed by atoms with van der Waals surface area (Å²) in [6, 6.07) is 0. The monoisotopic (exact) mass is 423 g/mol. The van der Waals surface area contributed by atoms with E-state index in [2.05, 4.69) is 5.32 Å². The van der Waals surface area contributed by atoms with E-state index in [-0.39, 0.29) is 30.7 Å². The van der Waals surface area contributed by atoms with E-state index in [1.807, 2.05) is 11.8 Å². The van der Waals surface area contributed by atoms with Crippen molar-refractivity contribution in [1.82, 2.24) is 15.1 Å². The average molecular weight is 423 g/mol. The van der Waals surface area contributed by atoms with Crippen molar-refractivity contribution in [3.63, 3.8) is 0 Å². The van der Waals surface area contributed by atoms with Crippen LogP contribution in [0.2, 0.25) is 0 Å². The van der Waals surface area contributed by atoms with Gasteiger partial charge in [-0.05, 0) is 44.7 Å². The third-order valence-corrected chi connectivity index (χ3v) is 5.35. The molecule has 10 heteroatoms. The molecule has 2 amide bonds. The van der Waals surface area contributed by atoms with Crippen molar-refractivity contribution in [2.24, 2.45) is 11.8 Å². The van der Waals surface area contributed by atoms with E-state index < -0.39 is 12.6 Å². The molecule has 29 heavy (non-hydrogen) atoms. The summed E-state index contributed by atoms with van der Waals surface area (Å²) in [6.07, 6.45) is -1.34. The van der Waals surface area contributed by atoms with Gasteiger partial charge in [-0.3, -0.25) is 14.4 Å². The second kappa shape index (κ2) is 12.7. The van der Waals surface area contributed by atoms with Crippen molar-refractivity contribution in [3.8, 4) is 0 Å². The van der Waals surface area contributed by atoms with Crippen LogP contribution in [0.3, 0.4) is 0 Å². The Balaban J connectivity index is 0.00000132. The molecule has 2 N–H and O–H groups in total. The lowest BCUT2D eigenvalue weighted by molar-refractivity contribution is -0.140. The molecule has 2 heterocycles. The minimum absolute atomic E-state index is 0.00176. The zero-order valence-electron chi connectivity index (χ0n) is 16.9.